The summed E-state index contributed by atoms with van der Waals surface area (Å²) in [5.41, 5.74) is 1.96. The van der Waals surface area contributed by atoms with E-state index in [-0.39, 0.29) is 6.03 Å². The Bertz CT molecular complexity index is 755. The van der Waals surface area contributed by atoms with Gasteiger partial charge in [-0.05, 0) is 58.5 Å². The molecule has 3 rings (SSSR count). The fraction of sp³-hybridized carbons (Fsp3) is 0.524. The second kappa shape index (κ2) is 9.04. The summed E-state index contributed by atoms with van der Waals surface area (Å²) >= 11 is 0. The molecule has 1 atom stereocenters. The van der Waals surface area contributed by atoms with E-state index in [1.54, 1.807) is 0 Å². The first-order valence-electron chi connectivity index (χ1n) is 9.82. The summed E-state index contributed by atoms with van der Waals surface area (Å²) in [4.78, 5) is 21.5. The largest absolute Gasteiger partial charge is 0.335 e. The van der Waals surface area contributed by atoms with Gasteiger partial charge in [0.25, 0.3) is 0 Å². The van der Waals surface area contributed by atoms with Crippen molar-refractivity contribution in [1.29, 1.82) is 0 Å². The SMILES string of the molecule is Cc1ccccc1NC(=O)N1CCC[C@H](c2nccn2CCCN(C)C)C1. The van der Waals surface area contributed by atoms with Gasteiger partial charge in [0.15, 0.2) is 0 Å². The van der Waals surface area contributed by atoms with Gasteiger partial charge in [0.2, 0.25) is 0 Å². The van der Waals surface area contributed by atoms with Crippen LogP contribution in [0.1, 0.15) is 36.6 Å². The standard InChI is InChI=1S/C21H31N5O/c1-17-8-4-5-10-19(17)23-21(27)26-13-6-9-18(16-26)20-22-11-15-25(20)14-7-12-24(2)3/h4-5,8,10-11,15,18H,6-7,9,12-14,16H2,1-3H3,(H,23,27)/t18-/m0/s1. The van der Waals surface area contributed by atoms with Crippen LogP contribution >= 0.6 is 0 Å². The quantitative estimate of drug-likeness (QED) is 0.847. The number of aryl methyl sites for hydroxylation is 2. The highest BCUT2D eigenvalue weighted by molar-refractivity contribution is 5.90. The zero-order chi connectivity index (χ0) is 19.2. The van der Waals surface area contributed by atoms with Crippen LogP contribution in [0.25, 0.3) is 0 Å². The molecule has 146 valence electrons. The molecule has 2 amide bonds. The minimum Gasteiger partial charge on any atom is -0.335 e. The Morgan fingerprint density at radius 1 is 1.33 bits per heavy atom. The molecule has 0 bridgehead atoms. The number of likely N-dealkylation sites (tertiary alicyclic amines) is 1. The number of piperidine rings is 1. The summed E-state index contributed by atoms with van der Waals surface area (Å²) < 4.78 is 2.26. The third-order valence-electron chi connectivity index (χ3n) is 5.21. The highest BCUT2D eigenvalue weighted by atomic mass is 16.2. The lowest BCUT2D eigenvalue weighted by atomic mass is 9.97. The van der Waals surface area contributed by atoms with Crippen molar-refractivity contribution in [2.24, 2.45) is 0 Å². The van der Waals surface area contributed by atoms with Gasteiger partial charge >= 0.3 is 6.03 Å². The summed E-state index contributed by atoms with van der Waals surface area (Å²) in [6, 6.07) is 7.88. The number of anilines is 1. The van der Waals surface area contributed by atoms with E-state index in [0.29, 0.717) is 5.92 Å². The van der Waals surface area contributed by atoms with Crippen molar-refractivity contribution >= 4 is 11.7 Å². The van der Waals surface area contributed by atoms with E-state index in [1.807, 2.05) is 42.3 Å². The predicted molar refractivity (Wildman–Crippen MR) is 109 cm³/mol. The molecule has 27 heavy (non-hydrogen) atoms. The summed E-state index contributed by atoms with van der Waals surface area (Å²) in [7, 11) is 4.20. The van der Waals surface area contributed by atoms with Crippen LogP contribution in [-0.4, -0.2) is 59.1 Å². The van der Waals surface area contributed by atoms with E-state index >= 15 is 0 Å². The first-order chi connectivity index (χ1) is 13.0. The molecule has 6 heteroatoms. The molecule has 1 aliphatic heterocycles. The molecule has 1 N–H and O–H groups in total. The number of rotatable bonds is 6. The Balaban J connectivity index is 1.62. The molecule has 0 unspecified atom stereocenters. The second-order valence-electron chi connectivity index (χ2n) is 7.67. The number of benzene rings is 1. The van der Waals surface area contributed by atoms with Gasteiger partial charge < -0.3 is 19.7 Å². The minimum atomic E-state index is -0.0142. The van der Waals surface area contributed by atoms with Gasteiger partial charge in [0.05, 0.1) is 0 Å². The Morgan fingerprint density at radius 3 is 2.93 bits per heavy atom. The van der Waals surface area contributed by atoms with Crippen molar-refractivity contribution in [2.45, 2.75) is 38.6 Å². The molecule has 0 saturated carbocycles. The lowest BCUT2D eigenvalue weighted by Gasteiger charge is -2.33. The Hall–Kier alpha value is -2.34. The molecule has 2 heterocycles. The summed E-state index contributed by atoms with van der Waals surface area (Å²) in [6.45, 7) is 5.57. The van der Waals surface area contributed by atoms with Gasteiger partial charge in [-0.15, -0.1) is 0 Å². The highest BCUT2D eigenvalue weighted by Gasteiger charge is 2.27. The molecule has 1 aromatic carbocycles. The van der Waals surface area contributed by atoms with Crippen molar-refractivity contribution in [3.8, 4) is 0 Å². The van der Waals surface area contributed by atoms with E-state index in [1.165, 1.54) is 0 Å². The third-order valence-corrected chi connectivity index (χ3v) is 5.21. The normalized spacial score (nSPS) is 17.3. The Morgan fingerprint density at radius 2 is 2.15 bits per heavy atom. The molecule has 1 fully saturated rings. The number of aromatic nitrogens is 2. The van der Waals surface area contributed by atoms with Gasteiger partial charge in [0, 0.05) is 43.6 Å². The topological polar surface area (TPSA) is 53.4 Å². The fourth-order valence-corrected chi connectivity index (χ4v) is 3.71. The molecule has 0 spiro atoms. The van der Waals surface area contributed by atoms with Crippen molar-refractivity contribution in [3.63, 3.8) is 0 Å². The zero-order valence-corrected chi connectivity index (χ0v) is 16.7. The molecule has 0 aliphatic carbocycles. The lowest BCUT2D eigenvalue weighted by molar-refractivity contribution is 0.190. The number of urea groups is 1. The van der Waals surface area contributed by atoms with Gasteiger partial charge in [-0.25, -0.2) is 9.78 Å². The van der Waals surface area contributed by atoms with Gasteiger partial charge in [-0.3, -0.25) is 0 Å². The van der Waals surface area contributed by atoms with Crippen LogP contribution in [0.5, 0.6) is 0 Å². The number of hydrogen-bond donors (Lipinski definition) is 1. The average molecular weight is 370 g/mol. The number of amides is 2. The number of imidazole rings is 1. The molecule has 0 radical (unpaired) electrons. The number of carbonyl (C=O) groups is 1. The Labute approximate surface area is 162 Å². The van der Waals surface area contributed by atoms with E-state index in [4.69, 9.17) is 0 Å². The highest BCUT2D eigenvalue weighted by Crippen LogP contribution is 2.26. The van der Waals surface area contributed by atoms with Gasteiger partial charge in [-0.2, -0.15) is 0 Å². The molecular weight excluding hydrogens is 338 g/mol. The van der Waals surface area contributed by atoms with E-state index in [9.17, 15) is 4.79 Å². The summed E-state index contributed by atoms with van der Waals surface area (Å²) in [5, 5.41) is 3.06. The van der Waals surface area contributed by atoms with Crippen LogP contribution in [0.4, 0.5) is 10.5 Å². The molecular formula is C21H31N5O. The maximum absolute atomic E-state index is 12.7. The minimum absolute atomic E-state index is 0.0142. The summed E-state index contributed by atoms with van der Waals surface area (Å²) in [5.74, 6) is 1.41. The first kappa shape index (κ1) is 19.4. The zero-order valence-electron chi connectivity index (χ0n) is 16.7. The molecule has 1 aromatic heterocycles. The number of nitrogens with one attached hydrogen (secondary N) is 1. The van der Waals surface area contributed by atoms with E-state index < -0.39 is 0 Å². The van der Waals surface area contributed by atoms with Crippen LogP contribution in [0, 0.1) is 6.92 Å². The van der Waals surface area contributed by atoms with Crippen LogP contribution in [0.15, 0.2) is 36.7 Å². The molecule has 6 nitrogen and oxygen atoms in total. The van der Waals surface area contributed by atoms with E-state index in [0.717, 1.165) is 62.5 Å². The number of carbonyl (C=O) groups excluding carboxylic acids is 1. The van der Waals surface area contributed by atoms with Crippen LogP contribution < -0.4 is 5.32 Å². The van der Waals surface area contributed by atoms with E-state index in [2.05, 4.69) is 40.1 Å². The third kappa shape index (κ3) is 5.10. The van der Waals surface area contributed by atoms with Crippen molar-refractivity contribution < 1.29 is 4.79 Å². The van der Waals surface area contributed by atoms with Crippen LogP contribution in [-0.2, 0) is 6.54 Å². The van der Waals surface area contributed by atoms with Crippen molar-refractivity contribution in [1.82, 2.24) is 19.4 Å². The molecule has 1 saturated heterocycles. The monoisotopic (exact) mass is 369 g/mol. The van der Waals surface area contributed by atoms with Crippen molar-refractivity contribution in [2.75, 3.05) is 39.0 Å². The molecule has 2 aromatic rings. The first-order valence-corrected chi connectivity index (χ1v) is 9.82. The smallest absolute Gasteiger partial charge is 0.321 e. The average Bonchev–Trinajstić information content (AvgIpc) is 3.12. The fourth-order valence-electron chi connectivity index (χ4n) is 3.71. The van der Waals surface area contributed by atoms with Crippen LogP contribution in [0.2, 0.25) is 0 Å². The van der Waals surface area contributed by atoms with Crippen molar-refractivity contribution in [3.05, 3.63) is 48.0 Å². The molecule has 1 aliphatic rings. The Kier molecular flexibility index (Phi) is 6.50. The second-order valence-corrected chi connectivity index (χ2v) is 7.67. The number of hydrogen-bond acceptors (Lipinski definition) is 3. The van der Waals surface area contributed by atoms with Gasteiger partial charge in [-0.1, -0.05) is 18.2 Å². The number of para-hydroxylation sites is 1. The number of nitrogens with zero attached hydrogens (tertiary/aromatic N) is 4. The van der Waals surface area contributed by atoms with Gasteiger partial charge in [0.1, 0.15) is 5.82 Å². The maximum Gasteiger partial charge on any atom is 0.321 e. The predicted octanol–water partition coefficient (Wildman–Crippen LogP) is 3.55. The lowest BCUT2D eigenvalue weighted by Crippen LogP contribution is -2.42. The summed E-state index contributed by atoms with van der Waals surface area (Å²) in [6.07, 6.45) is 7.14. The van der Waals surface area contributed by atoms with Crippen LogP contribution in [0.3, 0.4) is 0 Å². The maximum atomic E-state index is 12.7.